The van der Waals surface area contributed by atoms with Gasteiger partial charge in [0.25, 0.3) is 0 Å². The van der Waals surface area contributed by atoms with Crippen LogP contribution in [0.5, 0.6) is 0 Å². The summed E-state index contributed by atoms with van der Waals surface area (Å²) in [5.74, 6) is 0.179. The van der Waals surface area contributed by atoms with Gasteiger partial charge < -0.3 is 24.1 Å². The minimum atomic E-state index is -3.14. The smallest absolute Gasteiger partial charge is 0.341 e. The van der Waals surface area contributed by atoms with Crippen LogP contribution in [0.25, 0.3) is 11.2 Å². The molecule has 2 aromatic rings. The van der Waals surface area contributed by atoms with Crippen molar-refractivity contribution in [3.63, 3.8) is 0 Å². The van der Waals surface area contributed by atoms with Crippen molar-refractivity contribution in [3.8, 4) is 0 Å². The lowest BCUT2D eigenvalue weighted by molar-refractivity contribution is -0.0403. The molecule has 0 bridgehead atoms. The Bertz CT molecular complexity index is 994. The third-order valence-electron chi connectivity index (χ3n) is 6.49. The predicted molar refractivity (Wildman–Crippen MR) is 143 cm³/mol. The predicted octanol–water partition coefficient (Wildman–Crippen LogP) is 5.03. The second kappa shape index (κ2) is 11.3. The zero-order valence-corrected chi connectivity index (χ0v) is 25.2. The van der Waals surface area contributed by atoms with E-state index >= 15 is 0 Å². The molecule has 4 atom stereocenters. The minimum absolute atomic E-state index is 0.0102. The van der Waals surface area contributed by atoms with Gasteiger partial charge in [-0.25, -0.2) is 4.98 Å². The Morgan fingerprint density at radius 3 is 2.29 bits per heavy atom. The average molecular weight is 564 g/mol. The van der Waals surface area contributed by atoms with Gasteiger partial charge >= 0.3 is 8.56 Å². The number of anilines is 1. The molecule has 35 heavy (non-hydrogen) atoms. The van der Waals surface area contributed by atoms with Gasteiger partial charge in [0.15, 0.2) is 17.7 Å². The van der Waals surface area contributed by atoms with Crippen molar-refractivity contribution in [2.45, 2.75) is 101 Å². The lowest BCUT2D eigenvalue weighted by atomic mass is 10.2. The quantitative estimate of drug-likeness (QED) is 0.235. The summed E-state index contributed by atoms with van der Waals surface area (Å²) in [6.07, 6.45) is -0.170. The van der Waals surface area contributed by atoms with Crippen LogP contribution >= 0.6 is 23.2 Å². The molecule has 1 saturated heterocycles. The standard InChI is InChI=1S/C22H38Cl2N5O4Si2/c1-11(2)34(12(3)4)31-9-15-18(33-35(30,13(5)6)14(7)8)16(23)21(32-15)29-10-26-17-19(25)27-22(24)28-20(17)29/h10-16,18,21,30H,9H2,1-8H3,(H2,25,27,28)/t15-,16+,18-,21-/m1/s1. The Kier molecular flexibility index (Phi) is 9.29. The number of fused-ring (bicyclic) bond motifs is 1. The van der Waals surface area contributed by atoms with E-state index in [1.807, 2.05) is 27.7 Å². The molecule has 1 radical (unpaired) electrons. The second-order valence-electron chi connectivity index (χ2n) is 10.4. The molecule has 0 spiro atoms. The van der Waals surface area contributed by atoms with Crippen LogP contribution in [0, 0.1) is 0 Å². The Balaban J connectivity index is 1.97. The molecule has 3 rings (SSSR count). The SMILES string of the molecule is CC(C)[Si](OC[C@H]1O[C@@H](n2cnc3c(N)nc(Cl)nc32)[C@@H](Cl)[C@@H]1O[Si](O)(C(C)C)C(C)C)C(C)C. The van der Waals surface area contributed by atoms with Gasteiger partial charge in [-0.15, -0.1) is 11.6 Å². The summed E-state index contributed by atoms with van der Waals surface area (Å²) in [7, 11) is -4.24. The van der Waals surface area contributed by atoms with Gasteiger partial charge in [0.2, 0.25) is 14.3 Å². The molecule has 3 heterocycles. The van der Waals surface area contributed by atoms with E-state index in [0.29, 0.717) is 28.9 Å². The molecular weight excluding hydrogens is 525 g/mol. The van der Waals surface area contributed by atoms with Gasteiger partial charge in [0.05, 0.1) is 19.0 Å². The molecule has 0 saturated carbocycles. The van der Waals surface area contributed by atoms with Gasteiger partial charge in [-0.05, 0) is 33.8 Å². The molecule has 0 unspecified atom stereocenters. The number of rotatable bonds is 10. The van der Waals surface area contributed by atoms with Crippen LogP contribution in [0.3, 0.4) is 0 Å². The largest absolute Gasteiger partial charge is 0.413 e. The summed E-state index contributed by atoms with van der Waals surface area (Å²) in [6, 6.07) is 0. The van der Waals surface area contributed by atoms with Crippen LogP contribution in [-0.2, 0) is 13.6 Å². The highest BCUT2D eigenvalue weighted by Crippen LogP contribution is 2.42. The summed E-state index contributed by atoms with van der Waals surface area (Å²) in [5.41, 5.74) is 7.63. The van der Waals surface area contributed by atoms with E-state index in [-0.39, 0.29) is 22.2 Å². The Labute approximate surface area is 220 Å². The van der Waals surface area contributed by atoms with E-state index in [4.69, 9.17) is 42.5 Å². The van der Waals surface area contributed by atoms with E-state index in [9.17, 15) is 4.80 Å². The molecule has 13 heteroatoms. The van der Waals surface area contributed by atoms with Crippen LogP contribution in [0.2, 0.25) is 27.4 Å². The fourth-order valence-electron chi connectivity index (χ4n) is 4.63. The van der Waals surface area contributed by atoms with E-state index in [1.54, 1.807) is 10.9 Å². The molecule has 1 aliphatic heterocycles. The van der Waals surface area contributed by atoms with Crippen LogP contribution in [0.1, 0.15) is 61.6 Å². The van der Waals surface area contributed by atoms with Crippen molar-refractivity contribution in [3.05, 3.63) is 11.6 Å². The van der Waals surface area contributed by atoms with Crippen LogP contribution in [0.15, 0.2) is 6.33 Å². The molecule has 1 aliphatic rings. The van der Waals surface area contributed by atoms with E-state index in [1.165, 1.54) is 0 Å². The van der Waals surface area contributed by atoms with Crippen molar-refractivity contribution in [2.24, 2.45) is 0 Å². The van der Waals surface area contributed by atoms with Crippen LogP contribution in [-0.4, -0.2) is 66.1 Å². The van der Waals surface area contributed by atoms with Crippen molar-refractivity contribution >= 4 is 57.8 Å². The first-order chi connectivity index (χ1) is 16.3. The van der Waals surface area contributed by atoms with E-state index in [0.717, 1.165) is 0 Å². The fraction of sp³-hybridized carbons (Fsp3) is 0.773. The van der Waals surface area contributed by atoms with Gasteiger partial charge in [-0.3, -0.25) is 4.57 Å². The molecule has 2 aromatic heterocycles. The number of hydrogen-bond donors (Lipinski definition) is 2. The monoisotopic (exact) mass is 562 g/mol. The Hall–Kier alpha value is -0.796. The number of nitrogens with zero attached hydrogens (tertiary/aromatic N) is 4. The number of ether oxygens (including phenoxy) is 1. The van der Waals surface area contributed by atoms with Crippen LogP contribution in [0.4, 0.5) is 5.82 Å². The second-order valence-corrected chi connectivity index (χ2v) is 18.7. The summed E-state index contributed by atoms with van der Waals surface area (Å²) in [6.45, 7) is 17.0. The number of halogens is 2. The molecular formula is C22H38Cl2N5O4Si2. The first-order valence-electron chi connectivity index (χ1n) is 12.1. The van der Waals surface area contributed by atoms with E-state index in [2.05, 4.69) is 42.6 Å². The zero-order valence-electron chi connectivity index (χ0n) is 21.7. The summed E-state index contributed by atoms with van der Waals surface area (Å²) in [4.78, 5) is 24.2. The molecule has 0 aromatic carbocycles. The first kappa shape index (κ1) is 28.8. The maximum absolute atomic E-state index is 11.6. The van der Waals surface area contributed by atoms with Crippen molar-refractivity contribution in [1.82, 2.24) is 19.5 Å². The molecule has 3 N–H and O–H groups in total. The average Bonchev–Trinajstić information content (AvgIpc) is 3.29. The summed E-state index contributed by atoms with van der Waals surface area (Å²) in [5, 5.41) is -0.627. The number of hydrogen-bond acceptors (Lipinski definition) is 8. The minimum Gasteiger partial charge on any atom is -0.413 e. The Morgan fingerprint density at radius 1 is 1.14 bits per heavy atom. The highest BCUT2D eigenvalue weighted by atomic mass is 35.5. The summed E-state index contributed by atoms with van der Waals surface area (Å²) >= 11 is 13.1. The highest BCUT2D eigenvalue weighted by Gasteiger charge is 2.52. The van der Waals surface area contributed by atoms with Crippen molar-refractivity contribution < 1.29 is 18.4 Å². The van der Waals surface area contributed by atoms with Gasteiger partial charge in [0.1, 0.15) is 17.0 Å². The molecule has 0 aliphatic carbocycles. The molecule has 197 valence electrons. The molecule has 0 amide bonds. The normalized spacial score (nSPS) is 23.8. The number of nitrogen functional groups attached to an aromatic ring is 1. The lowest BCUT2D eigenvalue weighted by Crippen LogP contribution is -2.52. The Morgan fingerprint density at radius 2 is 1.74 bits per heavy atom. The number of nitrogens with two attached hydrogens (primary N) is 1. The fourth-order valence-corrected chi connectivity index (χ4v) is 10.2. The third-order valence-corrected chi connectivity index (χ3v) is 13.9. The summed E-state index contributed by atoms with van der Waals surface area (Å²) < 4.78 is 21.1. The number of aromatic nitrogens is 4. The first-order valence-corrected chi connectivity index (χ1v) is 16.5. The molecule has 1 fully saturated rings. The topological polar surface area (TPSA) is 118 Å². The molecule has 9 nitrogen and oxygen atoms in total. The van der Waals surface area contributed by atoms with Crippen LogP contribution < -0.4 is 5.73 Å². The van der Waals surface area contributed by atoms with Gasteiger partial charge in [0, 0.05) is 0 Å². The maximum atomic E-state index is 11.6. The van der Waals surface area contributed by atoms with Gasteiger partial charge in [-0.1, -0.05) is 55.4 Å². The maximum Gasteiger partial charge on any atom is 0.341 e. The van der Waals surface area contributed by atoms with Gasteiger partial charge in [-0.2, -0.15) is 9.97 Å². The lowest BCUT2D eigenvalue weighted by Gasteiger charge is -2.37. The van der Waals surface area contributed by atoms with Crippen molar-refractivity contribution in [2.75, 3.05) is 12.3 Å². The number of alkyl halides is 1. The zero-order chi connectivity index (χ0) is 26.2. The highest BCUT2D eigenvalue weighted by molar-refractivity contribution is 6.69. The van der Waals surface area contributed by atoms with Crippen molar-refractivity contribution in [1.29, 1.82) is 0 Å². The van der Waals surface area contributed by atoms with E-state index < -0.39 is 41.4 Å². The third kappa shape index (κ3) is 5.87. The number of imidazole rings is 1.